The molecule has 6 atom stereocenters. The van der Waals surface area contributed by atoms with Gasteiger partial charge in [-0.15, -0.1) is 0 Å². The van der Waals surface area contributed by atoms with Gasteiger partial charge in [0.25, 0.3) is 0 Å². The van der Waals surface area contributed by atoms with Crippen molar-refractivity contribution in [1.82, 2.24) is 0 Å². The Morgan fingerprint density at radius 1 is 0.441 bits per heavy atom. The number of hydrogen-bond acceptors (Lipinski definition) is 6. The molecule has 6 unspecified atom stereocenters. The summed E-state index contributed by atoms with van der Waals surface area (Å²) in [7, 11) is 1.64. The fraction of sp³-hybridized carbons (Fsp3) is 0.547. The van der Waals surface area contributed by atoms with Crippen molar-refractivity contribution in [3.8, 4) is 17.2 Å². The molecule has 0 aromatic heterocycles. The van der Waals surface area contributed by atoms with E-state index < -0.39 is 0 Å². The molecule has 0 amide bonds. The molecule has 0 radical (unpaired) electrons. The van der Waals surface area contributed by atoms with Crippen molar-refractivity contribution >= 4 is 0 Å². The average Bonchev–Trinajstić information content (AvgIpc) is 3.26. The quantitative estimate of drug-likeness (QED) is 0.0879. The molecule has 0 spiro atoms. The molecule has 4 aromatic rings. The Morgan fingerprint density at radius 3 is 0.983 bits per heavy atom. The van der Waals surface area contributed by atoms with Crippen LogP contribution in [0.5, 0.6) is 17.2 Å². The first kappa shape index (κ1) is 49.5. The molecular weight excluding hydrogens is 733 g/mol. The highest BCUT2D eigenvalue weighted by atomic mass is 16.7. The summed E-state index contributed by atoms with van der Waals surface area (Å²) >= 11 is 0. The Morgan fingerprint density at radius 2 is 0.729 bits per heavy atom. The van der Waals surface area contributed by atoms with Crippen LogP contribution in [-0.4, -0.2) is 39.2 Å². The van der Waals surface area contributed by atoms with Crippen molar-refractivity contribution in [1.29, 1.82) is 0 Å². The number of rotatable bonds is 19. The van der Waals surface area contributed by atoms with Crippen LogP contribution in [0.25, 0.3) is 0 Å². The van der Waals surface area contributed by atoms with Gasteiger partial charge in [-0.1, -0.05) is 102 Å². The Hall–Kier alpha value is -3.84. The second kappa shape index (κ2) is 27.1. The first-order valence-corrected chi connectivity index (χ1v) is 22.4. The maximum absolute atomic E-state index is 6.04. The maximum atomic E-state index is 6.04. The molecule has 0 aliphatic heterocycles. The summed E-state index contributed by atoms with van der Waals surface area (Å²) < 4.78 is 34.6. The van der Waals surface area contributed by atoms with Crippen molar-refractivity contribution < 1.29 is 28.4 Å². The second-order valence-electron chi connectivity index (χ2n) is 16.6. The first-order chi connectivity index (χ1) is 28.3. The number of benzene rings is 4. The number of hydrogen-bond donors (Lipinski definition) is 0. The third kappa shape index (κ3) is 18.5. The molecule has 0 N–H and O–H groups in total. The predicted molar refractivity (Wildman–Crippen MR) is 246 cm³/mol. The van der Waals surface area contributed by atoms with E-state index in [-0.39, 0.29) is 18.9 Å². The molecule has 0 bridgehead atoms. The second-order valence-corrected chi connectivity index (χ2v) is 16.6. The van der Waals surface area contributed by atoms with Crippen LogP contribution in [0.3, 0.4) is 0 Å². The lowest BCUT2D eigenvalue weighted by Crippen LogP contribution is -2.27. The molecule has 1 saturated carbocycles. The highest BCUT2D eigenvalue weighted by Gasteiger charge is 2.23. The number of aryl methyl sites for hydroxylation is 2. The molecule has 1 aliphatic carbocycles. The molecule has 326 valence electrons. The minimum Gasteiger partial charge on any atom is -0.465 e. The highest BCUT2D eigenvalue weighted by molar-refractivity contribution is 5.31. The van der Waals surface area contributed by atoms with Crippen LogP contribution in [0.15, 0.2) is 97.1 Å². The van der Waals surface area contributed by atoms with Crippen molar-refractivity contribution in [2.45, 2.75) is 158 Å². The van der Waals surface area contributed by atoms with E-state index in [2.05, 4.69) is 140 Å². The van der Waals surface area contributed by atoms with Gasteiger partial charge in [-0.25, -0.2) is 0 Å². The van der Waals surface area contributed by atoms with Gasteiger partial charge < -0.3 is 28.4 Å². The molecule has 1 fully saturated rings. The summed E-state index contributed by atoms with van der Waals surface area (Å²) in [4.78, 5) is 0. The van der Waals surface area contributed by atoms with E-state index in [9.17, 15) is 0 Å². The summed E-state index contributed by atoms with van der Waals surface area (Å²) in [6.07, 6.45) is 7.49. The Kier molecular flexibility index (Phi) is 22.7. The lowest BCUT2D eigenvalue weighted by molar-refractivity contribution is -0.0946. The standard InChI is InChI=1S/C32H48O4.C13H20O2.C8H10/c1-7-23(3)29-13-17-31(18-14-29)35-25(5)33-21-27-9-11-28(12-10-27)22-34-26(6)36-32-19-15-30(16-20-32)24(4)8-2;1-5-10(2)12-6-8-13(9-7-12)15-11(3)14-4;1-7-5-3-4-6-8(7)2/h13-20,23-28H,7-12,21-22H2,1-6H3;6-11H,5H2,1-4H3;3-6H,1-2H3. The predicted octanol–water partition coefficient (Wildman–Crippen LogP) is 14.6. The largest absolute Gasteiger partial charge is 0.465 e. The van der Waals surface area contributed by atoms with Crippen LogP contribution in [0.1, 0.15) is 153 Å². The lowest BCUT2D eigenvalue weighted by atomic mass is 9.83. The zero-order chi connectivity index (χ0) is 43.2. The monoisotopic (exact) mass is 811 g/mol. The van der Waals surface area contributed by atoms with Gasteiger partial charge >= 0.3 is 0 Å². The third-order valence-electron chi connectivity index (χ3n) is 11.9. The smallest absolute Gasteiger partial charge is 0.196 e. The third-order valence-corrected chi connectivity index (χ3v) is 11.9. The first-order valence-electron chi connectivity index (χ1n) is 22.4. The summed E-state index contributed by atoms with van der Waals surface area (Å²) in [6, 6.07) is 33.5. The van der Waals surface area contributed by atoms with Crippen LogP contribution in [0.2, 0.25) is 0 Å². The molecule has 4 aromatic carbocycles. The van der Waals surface area contributed by atoms with Crippen LogP contribution in [0, 0.1) is 25.7 Å². The number of ether oxygens (including phenoxy) is 6. The molecule has 59 heavy (non-hydrogen) atoms. The normalized spacial score (nSPS) is 18.0. The van der Waals surface area contributed by atoms with Crippen molar-refractivity contribution in [3.05, 3.63) is 125 Å². The molecule has 0 saturated heterocycles. The van der Waals surface area contributed by atoms with E-state index in [1.807, 2.05) is 32.9 Å². The molecular formula is C53H78O6. The fourth-order valence-corrected chi connectivity index (χ4v) is 6.79. The van der Waals surface area contributed by atoms with E-state index in [0.29, 0.717) is 29.6 Å². The molecule has 5 rings (SSSR count). The summed E-state index contributed by atoms with van der Waals surface area (Å²) in [5.41, 5.74) is 6.81. The van der Waals surface area contributed by atoms with Gasteiger partial charge in [0.05, 0.1) is 13.2 Å². The van der Waals surface area contributed by atoms with E-state index >= 15 is 0 Å². The molecule has 0 heterocycles. The van der Waals surface area contributed by atoms with Gasteiger partial charge in [-0.2, -0.15) is 0 Å². The van der Waals surface area contributed by atoms with Crippen molar-refractivity contribution in [2.24, 2.45) is 11.8 Å². The minimum atomic E-state index is -0.238. The van der Waals surface area contributed by atoms with Gasteiger partial charge in [0.15, 0.2) is 18.9 Å². The van der Waals surface area contributed by atoms with E-state index in [4.69, 9.17) is 28.4 Å². The summed E-state index contributed by atoms with van der Waals surface area (Å²) in [6.45, 7) is 25.0. The van der Waals surface area contributed by atoms with Crippen LogP contribution >= 0.6 is 0 Å². The highest BCUT2D eigenvalue weighted by Crippen LogP contribution is 2.31. The zero-order valence-electron chi connectivity index (χ0n) is 38.7. The van der Waals surface area contributed by atoms with Gasteiger partial charge in [0.1, 0.15) is 17.2 Å². The van der Waals surface area contributed by atoms with Crippen molar-refractivity contribution in [2.75, 3.05) is 20.3 Å². The topological polar surface area (TPSA) is 55.4 Å². The molecule has 1 aliphatic rings. The fourth-order valence-electron chi connectivity index (χ4n) is 6.79. The van der Waals surface area contributed by atoms with E-state index in [1.54, 1.807) is 7.11 Å². The Balaban J connectivity index is 0.000000328. The number of methoxy groups -OCH3 is 1. The van der Waals surface area contributed by atoms with E-state index in [0.717, 1.165) is 49.7 Å². The Bertz CT molecular complexity index is 1570. The van der Waals surface area contributed by atoms with Gasteiger partial charge in [0, 0.05) is 7.11 Å². The molecule has 6 heteroatoms. The van der Waals surface area contributed by atoms with Crippen LogP contribution in [-0.2, 0) is 14.2 Å². The van der Waals surface area contributed by atoms with Crippen LogP contribution in [0.4, 0.5) is 0 Å². The summed E-state index contributed by atoms with van der Waals surface area (Å²) in [5.74, 6) is 5.56. The molecule has 6 nitrogen and oxygen atoms in total. The van der Waals surface area contributed by atoms with E-state index in [1.165, 1.54) is 53.5 Å². The SMILES string of the molecule is CCC(C)c1ccc(OC(C)OC)cc1.CCC(C)c1ccc(OC(C)OCC2CCC(COC(C)Oc3ccc(C(C)CC)cc3)CC2)cc1.Cc1ccccc1C. The zero-order valence-corrected chi connectivity index (χ0v) is 38.7. The Labute approximate surface area is 359 Å². The van der Waals surface area contributed by atoms with Crippen LogP contribution < -0.4 is 14.2 Å². The maximum Gasteiger partial charge on any atom is 0.196 e. The van der Waals surface area contributed by atoms with Crippen molar-refractivity contribution in [3.63, 3.8) is 0 Å². The van der Waals surface area contributed by atoms with Gasteiger partial charge in [-0.3, -0.25) is 0 Å². The van der Waals surface area contributed by atoms with Gasteiger partial charge in [0.2, 0.25) is 0 Å². The minimum absolute atomic E-state index is 0.195. The van der Waals surface area contributed by atoms with Gasteiger partial charge in [-0.05, 0) is 173 Å². The average molecular weight is 811 g/mol. The summed E-state index contributed by atoms with van der Waals surface area (Å²) in [5, 5.41) is 0. The lowest BCUT2D eigenvalue weighted by Gasteiger charge is -2.29.